The van der Waals surface area contributed by atoms with E-state index in [1.54, 1.807) is 12.1 Å². The van der Waals surface area contributed by atoms with Crippen LogP contribution in [0, 0.1) is 11.3 Å². The Labute approximate surface area is 113 Å². The average molecular weight is 268 g/mol. The number of hydrogen-bond donors (Lipinski definition) is 1. The van der Waals surface area contributed by atoms with Crippen molar-refractivity contribution in [3.8, 4) is 6.07 Å². The van der Waals surface area contributed by atoms with Gasteiger partial charge < -0.3 is 14.8 Å². The molecule has 0 aliphatic rings. The third kappa shape index (κ3) is 8.80. The molecule has 0 aromatic heterocycles. The lowest BCUT2D eigenvalue weighted by Crippen LogP contribution is -2.45. The molecule has 0 saturated heterocycles. The van der Waals surface area contributed by atoms with Gasteiger partial charge in [-0.2, -0.15) is 5.26 Å². The van der Waals surface area contributed by atoms with Crippen molar-refractivity contribution in [2.75, 3.05) is 19.8 Å². The quantitative estimate of drug-likeness (QED) is 0.362. The minimum atomic E-state index is -0.878. The van der Waals surface area contributed by atoms with Gasteiger partial charge in [-0.25, -0.2) is 4.79 Å². The van der Waals surface area contributed by atoms with E-state index < -0.39 is 12.0 Å². The maximum absolute atomic E-state index is 11.6. The zero-order valence-electron chi connectivity index (χ0n) is 11.2. The van der Waals surface area contributed by atoms with Crippen LogP contribution < -0.4 is 5.32 Å². The molecule has 0 saturated carbocycles. The molecule has 0 heterocycles. The van der Waals surface area contributed by atoms with Crippen molar-refractivity contribution in [3.63, 3.8) is 0 Å². The van der Waals surface area contributed by atoms with Crippen LogP contribution in [0.1, 0.15) is 26.2 Å². The highest BCUT2D eigenvalue weighted by atomic mass is 16.5. The van der Waals surface area contributed by atoms with Gasteiger partial charge in [0.1, 0.15) is 6.07 Å². The van der Waals surface area contributed by atoms with E-state index in [4.69, 9.17) is 10.00 Å². The van der Waals surface area contributed by atoms with Crippen molar-refractivity contribution in [2.45, 2.75) is 32.2 Å². The first kappa shape index (κ1) is 17.1. The summed E-state index contributed by atoms with van der Waals surface area (Å²) in [4.78, 5) is 23.2. The molecular formula is C13H20N2O4. The molecule has 0 fully saturated rings. The predicted molar refractivity (Wildman–Crippen MR) is 69.0 cm³/mol. The van der Waals surface area contributed by atoms with Crippen LogP contribution in [0.5, 0.6) is 0 Å². The molecule has 1 amide bonds. The van der Waals surface area contributed by atoms with E-state index in [-0.39, 0.29) is 25.5 Å². The van der Waals surface area contributed by atoms with Crippen molar-refractivity contribution >= 4 is 11.9 Å². The lowest BCUT2D eigenvalue weighted by molar-refractivity contribution is -0.148. The number of hydrogen-bond acceptors (Lipinski definition) is 5. The fourth-order valence-corrected chi connectivity index (χ4v) is 1.22. The largest absolute Gasteiger partial charge is 0.449 e. The third-order valence-corrected chi connectivity index (χ3v) is 2.11. The Morgan fingerprint density at radius 1 is 1.53 bits per heavy atom. The van der Waals surface area contributed by atoms with E-state index in [9.17, 15) is 9.59 Å². The van der Waals surface area contributed by atoms with Gasteiger partial charge in [-0.05, 0) is 12.8 Å². The van der Waals surface area contributed by atoms with Gasteiger partial charge in [0.05, 0.1) is 6.61 Å². The SMILES string of the molecule is C=CCCC(=O)N[C@@H](COCCC)C(=O)OCC#N. The molecule has 106 valence electrons. The predicted octanol–water partition coefficient (Wildman–Crippen LogP) is 0.931. The smallest absolute Gasteiger partial charge is 0.332 e. The first-order chi connectivity index (χ1) is 9.15. The fourth-order valence-electron chi connectivity index (χ4n) is 1.22. The van der Waals surface area contributed by atoms with Gasteiger partial charge in [0.15, 0.2) is 12.6 Å². The van der Waals surface area contributed by atoms with E-state index in [2.05, 4.69) is 16.6 Å². The van der Waals surface area contributed by atoms with Gasteiger partial charge in [-0.15, -0.1) is 6.58 Å². The number of ether oxygens (including phenoxy) is 2. The molecule has 0 rings (SSSR count). The van der Waals surface area contributed by atoms with E-state index in [1.807, 2.05) is 6.92 Å². The van der Waals surface area contributed by atoms with E-state index >= 15 is 0 Å². The lowest BCUT2D eigenvalue weighted by Gasteiger charge is -2.16. The van der Waals surface area contributed by atoms with Crippen molar-refractivity contribution in [3.05, 3.63) is 12.7 Å². The average Bonchev–Trinajstić information content (AvgIpc) is 2.41. The fraction of sp³-hybridized carbons (Fsp3) is 0.615. The summed E-state index contributed by atoms with van der Waals surface area (Å²) in [7, 11) is 0. The molecule has 19 heavy (non-hydrogen) atoms. The summed E-state index contributed by atoms with van der Waals surface area (Å²) >= 11 is 0. The van der Waals surface area contributed by atoms with Crippen molar-refractivity contribution in [1.29, 1.82) is 5.26 Å². The van der Waals surface area contributed by atoms with Gasteiger partial charge in [0, 0.05) is 13.0 Å². The summed E-state index contributed by atoms with van der Waals surface area (Å²) in [5.74, 6) is -0.941. The summed E-state index contributed by atoms with van der Waals surface area (Å²) in [6, 6.07) is 0.821. The second-order valence-electron chi connectivity index (χ2n) is 3.79. The lowest BCUT2D eigenvalue weighted by atomic mass is 10.2. The summed E-state index contributed by atoms with van der Waals surface area (Å²) in [5.41, 5.74) is 0. The molecule has 0 bridgehead atoms. The number of nitrogens with zero attached hydrogens (tertiary/aromatic N) is 1. The Morgan fingerprint density at radius 2 is 2.26 bits per heavy atom. The maximum atomic E-state index is 11.6. The molecule has 1 N–H and O–H groups in total. The Kier molecular flexibility index (Phi) is 10.1. The van der Waals surface area contributed by atoms with Crippen LogP contribution >= 0.6 is 0 Å². The molecular weight excluding hydrogens is 248 g/mol. The van der Waals surface area contributed by atoms with E-state index in [0.717, 1.165) is 6.42 Å². The molecule has 0 aromatic carbocycles. The van der Waals surface area contributed by atoms with Gasteiger partial charge in [0.2, 0.25) is 5.91 Å². The number of carbonyl (C=O) groups is 2. The van der Waals surface area contributed by atoms with Crippen molar-refractivity contribution < 1.29 is 19.1 Å². The van der Waals surface area contributed by atoms with Crippen LogP contribution in [0.2, 0.25) is 0 Å². The van der Waals surface area contributed by atoms with Crippen LogP contribution in [-0.2, 0) is 19.1 Å². The molecule has 0 aliphatic heterocycles. The standard InChI is InChI=1S/C13H20N2O4/c1-3-5-6-12(16)15-11(10-18-8-4-2)13(17)19-9-7-14/h3,11H,1,4-6,8-10H2,2H3,(H,15,16)/t11-/m0/s1. The van der Waals surface area contributed by atoms with Crippen LogP contribution in [0.15, 0.2) is 12.7 Å². The second-order valence-corrected chi connectivity index (χ2v) is 3.79. The van der Waals surface area contributed by atoms with Crippen LogP contribution in [0.25, 0.3) is 0 Å². The Morgan fingerprint density at radius 3 is 2.84 bits per heavy atom. The summed E-state index contributed by atoms with van der Waals surface area (Å²) in [6.45, 7) is 5.64. The van der Waals surface area contributed by atoms with E-state index in [0.29, 0.717) is 13.0 Å². The first-order valence-corrected chi connectivity index (χ1v) is 6.17. The summed E-state index contributed by atoms with van der Waals surface area (Å²) in [5, 5.41) is 10.9. The van der Waals surface area contributed by atoms with E-state index in [1.165, 1.54) is 0 Å². The minimum absolute atomic E-state index is 0.0396. The molecule has 0 aliphatic carbocycles. The van der Waals surface area contributed by atoms with Crippen molar-refractivity contribution in [1.82, 2.24) is 5.32 Å². The monoisotopic (exact) mass is 268 g/mol. The zero-order chi connectivity index (χ0) is 14.5. The minimum Gasteiger partial charge on any atom is -0.449 e. The molecule has 1 atom stereocenters. The number of allylic oxidation sites excluding steroid dienone is 1. The highest BCUT2D eigenvalue weighted by molar-refractivity contribution is 5.84. The number of nitrogens with one attached hydrogen (secondary N) is 1. The topological polar surface area (TPSA) is 88.4 Å². The second kappa shape index (κ2) is 11.2. The van der Waals surface area contributed by atoms with Gasteiger partial charge in [0.25, 0.3) is 0 Å². The maximum Gasteiger partial charge on any atom is 0.332 e. The molecule has 6 heteroatoms. The van der Waals surface area contributed by atoms with Crippen LogP contribution in [-0.4, -0.2) is 37.7 Å². The number of esters is 1. The van der Waals surface area contributed by atoms with Crippen molar-refractivity contribution in [2.24, 2.45) is 0 Å². The highest BCUT2D eigenvalue weighted by Gasteiger charge is 2.22. The number of nitriles is 1. The summed E-state index contributed by atoms with van der Waals surface area (Å²) in [6.07, 6.45) is 3.21. The molecule has 0 aromatic rings. The highest BCUT2D eigenvalue weighted by Crippen LogP contribution is 1.96. The Bertz CT molecular complexity index is 336. The number of amides is 1. The Balaban J connectivity index is 4.31. The van der Waals surface area contributed by atoms with Crippen LogP contribution in [0.4, 0.5) is 0 Å². The van der Waals surface area contributed by atoms with Gasteiger partial charge in [-0.1, -0.05) is 13.0 Å². The molecule has 6 nitrogen and oxygen atoms in total. The first-order valence-electron chi connectivity index (χ1n) is 6.17. The summed E-state index contributed by atoms with van der Waals surface area (Å²) < 4.78 is 9.91. The normalized spacial score (nSPS) is 11.2. The van der Waals surface area contributed by atoms with Crippen LogP contribution in [0.3, 0.4) is 0 Å². The number of carbonyl (C=O) groups excluding carboxylic acids is 2. The van der Waals surface area contributed by atoms with Gasteiger partial charge in [-0.3, -0.25) is 4.79 Å². The third-order valence-electron chi connectivity index (χ3n) is 2.11. The molecule has 0 radical (unpaired) electrons. The Hall–Kier alpha value is -1.87. The van der Waals surface area contributed by atoms with Gasteiger partial charge >= 0.3 is 5.97 Å². The number of rotatable bonds is 10. The molecule has 0 unspecified atom stereocenters. The molecule has 0 spiro atoms. The zero-order valence-corrected chi connectivity index (χ0v) is 11.2.